The maximum absolute atomic E-state index is 10.4. The first kappa shape index (κ1) is 6.23. The van der Waals surface area contributed by atoms with Crippen molar-refractivity contribution in [1.29, 1.82) is 0 Å². The Morgan fingerprint density at radius 3 is 2.78 bits per heavy atom. The number of pyridine rings is 1. The van der Waals surface area contributed by atoms with Crippen molar-refractivity contribution in [3.63, 3.8) is 0 Å². The van der Waals surface area contributed by atoms with Crippen LogP contribution < -0.4 is 4.98 Å². The van der Waals surface area contributed by atoms with Crippen LogP contribution in [0.4, 0.5) is 0 Å². The van der Waals surface area contributed by atoms with Gasteiger partial charge in [0.05, 0.1) is 5.56 Å². The van der Waals surface area contributed by atoms with Crippen LogP contribution in [0.3, 0.4) is 0 Å². The van der Waals surface area contributed by atoms with Gasteiger partial charge in [0.2, 0.25) is 0 Å². The van der Waals surface area contributed by atoms with E-state index in [1.807, 2.05) is 0 Å². The molecule has 0 amide bonds. The molecule has 1 aromatic heterocycles. The van der Waals surface area contributed by atoms with Gasteiger partial charge in [-0.3, -0.25) is 4.79 Å². The molecule has 1 rings (SSSR count). The zero-order chi connectivity index (χ0) is 6.69. The van der Waals surface area contributed by atoms with Gasteiger partial charge in [-0.1, -0.05) is 0 Å². The molecule has 0 saturated carbocycles. The van der Waals surface area contributed by atoms with Crippen molar-refractivity contribution >= 4 is 16.8 Å². The van der Waals surface area contributed by atoms with Crippen LogP contribution in [0.25, 0.3) is 0 Å². The molecule has 0 fully saturated rings. The predicted octanol–water partition coefficient (Wildman–Crippen LogP) is 0.880. The molecule has 1 heterocycles. The van der Waals surface area contributed by atoms with Crippen LogP contribution in [0.1, 0.15) is 10.4 Å². The standard InChI is InChI=1S/C6H4ClNO/c7-6(9)5-2-1-3-8-4-5/h1-4H/p+1. The average molecular weight is 143 g/mol. The average Bonchev–Trinajstić information content (AvgIpc) is 1.90. The van der Waals surface area contributed by atoms with Gasteiger partial charge in [0.15, 0.2) is 12.4 Å². The first-order chi connectivity index (χ1) is 4.30. The fourth-order valence-electron chi connectivity index (χ4n) is 0.516. The highest BCUT2D eigenvalue weighted by molar-refractivity contribution is 6.67. The summed E-state index contributed by atoms with van der Waals surface area (Å²) in [4.78, 5) is 13.1. The molecule has 0 atom stereocenters. The van der Waals surface area contributed by atoms with E-state index in [0.717, 1.165) is 0 Å². The second-order valence-corrected chi connectivity index (χ2v) is 1.91. The number of nitrogens with one attached hydrogen (secondary N) is 1. The fourth-order valence-corrected chi connectivity index (χ4v) is 0.633. The zero-order valence-electron chi connectivity index (χ0n) is 4.60. The first-order valence-electron chi connectivity index (χ1n) is 2.46. The summed E-state index contributed by atoms with van der Waals surface area (Å²) in [5.41, 5.74) is 0.485. The van der Waals surface area contributed by atoms with Gasteiger partial charge < -0.3 is 0 Å². The van der Waals surface area contributed by atoms with Gasteiger partial charge >= 0.3 is 0 Å². The number of aromatic amines is 1. The molecule has 0 aliphatic rings. The van der Waals surface area contributed by atoms with Crippen molar-refractivity contribution in [2.45, 2.75) is 0 Å². The third-order valence-electron chi connectivity index (χ3n) is 0.934. The quantitative estimate of drug-likeness (QED) is 0.536. The van der Waals surface area contributed by atoms with Crippen molar-refractivity contribution in [1.82, 2.24) is 0 Å². The molecule has 2 nitrogen and oxygen atoms in total. The van der Waals surface area contributed by atoms with Gasteiger partial charge in [0, 0.05) is 6.07 Å². The number of halogens is 1. The lowest BCUT2D eigenvalue weighted by atomic mass is 10.3. The molecule has 3 heteroatoms. The van der Waals surface area contributed by atoms with Crippen LogP contribution >= 0.6 is 11.6 Å². The van der Waals surface area contributed by atoms with Gasteiger partial charge in [-0.15, -0.1) is 0 Å². The Morgan fingerprint density at radius 2 is 2.44 bits per heavy atom. The lowest BCUT2D eigenvalue weighted by molar-refractivity contribution is -0.378. The molecule has 46 valence electrons. The number of aromatic nitrogens is 1. The van der Waals surface area contributed by atoms with Crippen molar-refractivity contribution in [3.8, 4) is 0 Å². The highest BCUT2D eigenvalue weighted by atomic mass is 35.5. The Morgan fingerprint density at radius 1 is 1.67 bits per heavy atom. The van der Waals surface area contributed by atoms with Gasteiger partial charge in [-0.05, 0) is 17.7 Å². The molecule has 0 unspecified atom stereocenters. The van der Waals surface area contributed by atoms with Crippen molar-refractivity contribution in [2.75, 3.05) is 0 Å². The van der Waals surface area contributed by atoms with E-state index in [-0.39, 0.29) is 0 Å². The molecule has 1 N–H and O–H groups in total. The highest BCUT2D eigenvalue weighted by Gasteiger charge is 2.00. The van der Waals surface area contributed by atoms with E-state index >= 15 is 0 Å². The van der Waals surface area contributed by atoms with E-state index in [1.54, 1.807) is 24.5 Å². The smallest absolute Gasteiger partial charge is 0.258 e. The fraction of sp³-hybridized carbons (Fsp3) is 0. The van der Waals surface area contributed by atoms with Crippen LogP contribution in [0.2, 0.25) is 0 Å². The third kappa shape index (κ3) is 1.50. The van der Waals surface area contributed by atoms with E-state index < -0.39 is 5.24 Å². The molecule has 1 aromatic rings. The van der Waals surface area contributed by atoms with E-state index in [4.69, 9.17) is 11.6 Å². The minimum absolute atomic E-state index is 0.438. The van der Waals surface area contributed by atoms with Crippen LogP contribution in [-0.2, 0) is 0 Å². The number of H-pyrrole nitrogens is 1. The molecule has 0 spiro atoms. The van der Waals surface area contributed by atoms with Crippen LogP contribution in [0.15, 0.2) is 24.5 Å². The lowest BCUT2D eigenvalue weighted by Gasteiger charge is -1.82. The summed E-state index contributed by atoms with van der Waals surface area (Å²) in [6, 6.07) is 3.36. The molecular weight excluding hydrogens is 138 g/mol. The van der Waals surface area contributed by atoms with Gasteiger partial charge in [0.25, 0.3) is 5.24 Å². The summed E-state index contributed by atoms with van der Waals surface area (Å²) in [6.07, 6.45) is 3.26. The van der Waals surface area contributed by atoms with Crippen LogP contribution in [0, 0.1) is 0 Å². The topological polar surface area (TPSA) is 31.2 Å². The van der Waals surface area contributed by atoms with Gasteiger partial charge in [0.1, 0.15) is 0 Å². The summed E-state index contributed by atoms with van der Waals surface area (Å²) < 4.78 is 0. The SMILES string of the molecule is O=C(Cl)c1ccc[nH+]c1. The highest BCUT2D eigenvalue weighted by Crippen LogP contribution is 1.97. The summed E-state index contributed by atoms with van der Waals surface area (Å²) in [6.45, 7) is 0. The Bertz CT molecular complexity index is 210. The van der Waals surface area contributed by atoms with E-state index in [9.17, 15) is 4.79 Å². The monoisotopic (exact) mass is 142 g/mol. The number of hydrogen-bond acceptors (Lipinski definition) is 1. The Hall–Kier alpha value is -0.890. The molecular formula is C6H5ClNO+. The molecule has 0 aromatic carbocycles. The molecule has 9 heavy (non-hydrogen) atoms. The van der Waals surface area contributed by atoms with Crippen molar-refractivity contribution in [2.24, 2.45) is 0 Å². The lowest BCUT2D eigenvalue weighted by Crippen LogP contribution is -2.02. The summed E-state index contributed by atoms with van der Waals surface area (Å²) in [5.74, 6) is 0. The molecule has 0 bridgehead atoms. The number of rotatable bonds is 1. The Kier molecular flexibility index (Phi) is 1.80. The molecule has 0 saturated heterocycles. The molecule has 0 aliphatic heterocycles. The minimum atomic E-state index is -0.438. The van der Waals surface area contributed by atoms with Crippen LogP contribution in [0.5, 0.6) is 0 Å². The number of carbonyl (C=O) groups excluding carboxylic acids is 1. The Labute approximate surface area is 57.5 Å². The molecule has 0 aliphatic carbocycles. The van der Waals surface area contributed by atoms with Gasteiger partial charge in [-0.25, -0.2) is 4.98 Å². The maximum atomic E-state index is 10.4. The second-order valence-electron chi connectivity index (χ2n) is 1.57. The van der Waals surface area contributed by atoms with Gasteiger partial charge in [-0.2, -0.15) is 0 Å². The minimum Gasteiger partial charge on any atom is -0.275 e. The number of hydrogen-bond donors (Lipinski definition) is 0. The largest absolute Gasteiger partial charge is 0.275 e. The second kappa shape index (κ2) is 2.60. The summed E-state index contributed by atoms with van der Waals surface area (Å²) in [7, 11) is 0. The van der Waals surface area contributed by atoms with Crippen molar-refractivity contribution < 1.29 is 9.78 Å². The van der Waals surface area contributed by atoms with E-state index in [1.165, 1.54) is 0 Å². The zero-order valence-corrected chi connectivity index (χ0v) is 5.35. The Balaban J connectivity index is 2.98. The summed E-state index contributed by atoms with van der Waals surface area (Å²) >= 11 is 5.14. The van der Waals surface area contributed by atoms with E-state index in [0.29, 0.717) is 5.56 Å². The van der Waals surface area contributed by atoms with Crippen LogP contribution in [-0.4, -0.2) is 5.24 Å². The normalized spacial score (nSPS) is 9.00. The number of carbonyl (C=O) groups is 1. The predicted molar refractivity (Wildman–Crippen MR) is 33.2 cm³/mol. The van der Waals surface area contributed by atoms with Crippen molar-refractivity contribution in [3.05, 3.63) is 30.1 Å². The molecule has 0 radical (unpaired) electrons. The summed E-state index contributed by atoms with van der Waals surface area (Å²) in [5, 5.41) is -0.438. The maximum Gasteiger partial charge on any atom is 0.258 e. The first-order valence-corrected chi connectivity index (χ1v) is 2.84. The third-order valence-corrected chi connectivity index (χ3v) is 1.15. The van der Waals surface area contributed by atoms with E-state index in [2.05, 4.69) is 4.98 Å².